The van der Waals surface area contributed by atoms with E-state index in [2.05, 4.69) is 5.32 Å². The van der Waals surface area contributed by atoms with E-state index >= 15 is 0 Å². The van der Waals surface area contributed by atoms with Gasteiger partial charge in [-0.3, -0.25) is 14.5 Å². The first-order valence-electron chi connectivity index (χ1n) is 6.74. The molecule has 0 saturated carbocycles. The monoisotopic (exact) mass is 330 g/mol. The number of aliphatic carboxylic acids is 1. The second-order valence-corrected chi connectivity index (χ2v) is 6.07. The van der Waals surface area contributed by atoms with Crippen molar-refractivity contribution in [2.24, 2.45) is 5.92 Å². The van der Waals surface area contributed by atoms with Crippen molar-refractivity contribution in [2.45, 2.75) is 17.1 Å². The fourth-order valence-electron chi connectivity index (χ4n) is 2.30. The van der Waals surface area contributed by atoms with Gasteiger partial charge in [0.05, 0.1) is 12.5 Å². The van der Waals surface area contributed by atoms with E-state index in [1.54, 1.807) is 17.0 Å². The minimum atomic E-state index is -2.47. The number of benzene rings is 1. The number of carboxylic acid groups (broad SMARTS) is 1. The lowest BCUT2D eigenvalue weighted by Gasteiger charge is -2.14. The molecule has 0 bridgehead atoms. The maximum absolute atomic E-state index is 12.2. The van der Waals surface area contributed by atoms with Gasteiger partial charge in [-0.1, -0.05) is 11.8 Å². The topological polar surface area (TPSA) is 69.6 Å². The van der Waals surface area contributed by atoms with E-state index < -0.39 is 17.6 Å². The number of amides is 1. The molecule has 1 atom stereocenters. The quantitative estimate of drug-likeness (QED) is 0.784. The highest BCUT2D eigenvalue weighted by Gasteiger charge is 2.28. The summed E-state index contributed by atoms with van der Waals surface area (Å²) < 4.78 is 24.4. The Labute approximate surface area is 130 Å². The maximum Gasteiger partial charge on any atom is 0.307 e. The molecule has 8 heteroatoms. The molecule has 22 heavy (non-hydrogen) atoms. The first kappa shape index (κ1) is 16.7. The number of rotatable bonds is 6. The number of carboxylic acids is 1. The molecular weight excluding hydrogens is 314 g/mol. The molecular formula is C14H16F2N2O3S. The largest absolute Gasteiger partial charge is 0.481 e. The summed E-state index contributed by atoms with van der Waals surface area (Å²) in [4.78, 5) is 24.9. The number of thioether (sulfide) groups is 1. The Morgan fingerprint density at radius 3 is 2.59 bits per heavy atom. The van der Waals surface area contributed by atoms with Gasteiger partial charge in [-0.05, 0) is 37.2 Å². The van der Waals surface area contributed by atoms with Crippen LogP contribution in [0.3, 0.4) is 0 Å². The molecule has 1 aromatic carbocycles. The SMILES string of the molecule is O=C(CN1CCC(C(=O)O)C1)Nc1ccc(SC(F)F)cc1. The minimum absolute atomic E-state index is 0.122. The summed E-state index contributed by atoms with van der Waals surface area (Å²) in [6.45, 7) is 1.07. The van der Waals surface area contributed by atoms with Gasteiger partial charge in [-0.15, -0.1) is 0 Å². The van der Waals surface area contributed by atoms with Crippen LogP contribution in [-0.2, 0) is 9.59 Å². The molecule has 1 saturated heterocycles. The van der Waals surface area contributed by atoms with Gasteiger partial charge < -0.3 is 10.4 Å². The molecule has 1 unspecified atom stereocenters. The summed E-state index contributed by atoms with van der Waals surface area (Å²) in [7, 11) is 0. The molecule has 120 valence electrons. The highest BCUT2D eigenvalue weighted by molar-refractivity contribution is 7.99. The van der Waals surface area contributed by atoms with E-state index in [9.17, 15) is 18.4 Å². The predicted molar refractivity (Wildman–Crippen MR) is 79.1 cm³/mol. The van der Waals surface area contributed by atoms with Crippen molar-refractivity contribution < 1.29 is 23.5 Å². The zero-order chi connectivity index (χ0) is 16.1. The summed E-state index contributed by atoms with van der Waals surface area (Å²) in [5.74, 6) is -3.98. The fourth-order valence-corrected chi connectivity index (χ4v) is 2.80. The van der Waals surface area contributed by atoms with Crippen LogP contribution < -0.4 is 5.32 Å². The number of nitrogens with zero attached hydrogens (tertiary/aromatic N) is 1. The van der Waals surface area contributed by atoms with Gasteiger partial charge in [0.25, 0.3) is 5.76 Å². The predicted octanol–water partition coefficient (Wildman–Crippen LogP) is 2.35. The molecule has 1 aromatic rings. The van der Waals surface area contributed by atoms with Crippen LogP contribution in [0.5, 0.6) is 0 Å². The van der Waals surface area contributed by atoms with Crippen LogP contribution in [0.4, 0.5) is 14.5 Å². The number of halogens is 2. The summed E-state index contributed by atoms with van der Waals surface area (Å²) in [5.41, 5.74) is 0.526. The molecule has 1 aliphatic rings. The van der Waals surface area contributed by atoms with Crippen molar-refractivity contribution in [1.29, 1.82) is 0 Å². The van der Waals surface area contributed by atoms with Crippen LogP contribution in [0.25, 0.3) is 0 Å². The van der Waals surface area contributed by atoms with Crippen molar-refractivity contribution >= 4 is 29.3 Å². The van der Waals surface area contributed by atoms with Crippen molar-refractivity contribution in [3.8, 4) is 0 Å². The zero-order valence-electron chi connectivity index (χ0n) is 11.7. The number of anilines is 1. The maximum atomic E-state index is 12.2. The highest BCUT2D eigenvalue weighted by atomic mass is 32.2. The summed E-state index contributed by atoms with van der Waals surface area (Å²) in [5, 5.41) is 11.6. The molecule has 0 aliphatic carbocycles. The molecule has 5 nitrogen and oxygen atoms in total. The normalized spacial score (nSPS) is 18.6. The Morgan fingerprint density at radius 1 is 1.36 bits per heavy atom. The fraction of sp³-hybridized carbons (Fsp3) is 0.429. The third kappa shape index (κ3) is 4.96. The van der Waals surface area contributed by atoms with E-state index in [0.29, 0.717) is 41.9 Å². The van der Waals surface area contributed by atoms with Gasteiger partial charge in [-0.2, -0.15) is 8.78 Å². The summed E-state index contributed by atoms with van der Waals surface area (Å²) >= 11 is 0.445. The first-order chi connectivity index (χ1) is 10.4. The van der Waals surface area contributed by atoms with Crippen LogP contribution in [0.2, 0.25) is 0 Å². The Morgan fingerprint density at radius 2 is 2.05 bits per heavy atom. The summed E-state index contributed by atoms with van der Waals surface area (Å²) in [6, 6.07) is 6.16. The van der Waals surface area contributed by atoms with E-state index in [4.69, 9.17) is 5.11 Å². The summed E-state index contributed by atoms with van der Waals surface area (Å²) in [6.07, 6.45) is 0.544. The molecule has 1 heterocycles. The van der Waals surface area contributed by atoms with E-state index in [1.807, 2.05) is 0 Å². The standard InChI is InChI=1S/C14H16F2N2O3S/c15-14(16)22-11-3-1-10(2-4-11)17-12(19)8-18-6-5-9(7-18)13(20)21/h1-4,9,14H,5-8H2,(H,17,19)(H,20,21). The van der Waals surface area contributed by atoms with Gasteiger partial charge in [0, 0.05) is 17.1 Å². The third-order valence-electron chi connectivity index (χ3n) is 3.35. The van der Waals surface area contributed by atoms with Gasteiger partial charge in [-0.25, -0.2) is 0 Å². The van der Waals surface area contributed by atoms with Crippen LogP contribution in [0.15, 0.2) is 29.2 Å². The van der Waals surface area contributed by atoms with Crippen LogP contribution >= 0.6 is 11.8 Å². The number of alkyl halides is 2. The number of likely N-dealkylation sites (tertiary alicyclic amines) is 1. The number of nitrogens with one attached hydrogen (secondary N) is 1. The van der Waals surface area contributed by atoms with Crippen LogP contribution in [-0.4, -0.2) is 47.3 Å². The molecule has 0 aromatic heterocycles. The van der Waals surface area contributed by atoms with E-state index in [-0.39, 0.29) is 12.5 Å². The Balaban J connectivity index is 1.81. The smallest absolute Gasteiger partial charge is 0.307 e. The average molecular weight is 330 g/mol. The second-order valence-electron chi connectivity index (χ2n) is 5.01. The first-order valence-corrected chi connectivity index (χ1v) is 7.62. The van der Waals surface area contributed by atoms with E-state index in [1.165, 1.54) is 12.1 Å². The highest BCUT2D eigenvalue weighted by Crippen LogP contribution is 2.26. The molecule has 0 radical (unpaired) electrons. The third-order valence-corrected chi connectivity index (χ3v) is 4.07. The molecule has 2 rings (SSSR count). The van der Waals surface area contributed by atoms with Crippen molar-refractivity contribution in [1.82, 2.24) is 4.90 Å². The molecule has 0 spiro atoms. The van der Waals surface area contributed by atoms with Gasteiger partial charge >= 0.3 is 5.97 Å². The van der Waals surface area contributed by atoms with Gasteiger partial charge in [0.1, 0.15) is 0 Å². The van der Waals surface area contributed by atoms with Gasteiger partial charge in [0.15, 0.2) is 0 Å². The number of hydrogen-bond donors (Lipinski definition) is 2. The molecule has 1 aliphatic heterocycles. The number of hydrogen-bond acceptors (Lipinski definition) is 4. The van der Waals surface area contributed by atoms with Crippen molar-refractivity contribution in [3.05, 3.63) is 24.3 Å². The average Bonchev–Trinajstić information content (AvgIpc) is 2.89. The Bertz CT molecular complexity index is 539. The van der Waals surface area contributed by atoms with Crippen molar-refractivity contribution in [2.75, 3.05) is 25.0 Å². The molecule has 1 amide bonds. The van der Waals surface area contributed by atoms with Crippen LogP contribution in [0, 0.1) is 5.92 Å². The van der Waals surface area contributed by atoms with Gasteiger partial charge in [0.2, 0.25) is 5.91 Å². The Hall–Kier alpha value is -1.67. The zero-order valence-corrected chi connectivity index (χ0v) is 12.5. The lowest BCUT2D eigenvalue weighted by molar-refractivity contribution is -0.141. The lowest BCUT2D eigenvalue weighted by atomic mass is 10.1. The second kappa shape index (κ2) is 7.55. The van der Waals surface area contributed by atoms with Crippen LogP contribution in [0.1, 0.15) is 6.42 Å². The molecule has 2 N–H and O–H groups in total. The minimum Gasteiger partial charge on any atom is -0.481 e. The number of carbonyl (C=O) groups excluding carboxylic acids is 1. The lowest BCUT2D eigenvalue weighted by Crippen LogP contribution is -2.32. The van der Waals surface area contributed by atoms with E-state index in [0.717, 1.165) is 0 Å². The van der Waals surface area contributed by atoms with Crippen molar-refractivity contribution in [3.63, 3.8) is 0 Å². The molecule has 1 fully saturated rings. The Kier molecular flexibility index (Phi) is 5.73. The number of carbonyl (C=O) groups is 2.